The lowest BCUT2D eigenvalue weighted by Crippen LogP contribution is -1.96. The van der Waals surface area contributed by atoms with Gasteiger partial charge < -0.3 is 9.52 Å². The molecule has 1 aromatic heterocycles. The number of hydrogen-bond donors (Lipinski definition) is 1. The molecule has 70 valence electrons. The largest absolute Gasteiger partial charge is 0.474 e. The Labute approximate surface area is 75.6 Å². The first kappa shape index (κ1) is 8.29. The molecule has 4 nitrogen and oxygen atoms in total. The fraction of sp³-hybridized carbons (Fsp3) is 0.556. The van der Waals surface area contributed by atoms with Gasteiger partial charge in [-0.05, 0) is 19.3 Å². The van der Waals surface area contributed by atoms with Gasteiger partial charge in [0.15, 0.2) is 0 Å². The predicted molar refractivity (Wildman–Crippen MR) is 44.7 cm³/mol. The van der Waals surface area contributed by atoms with Crippen molar-refractivity contribution in [3.63, 3.8) is 0 Å². The number of carbonyl (C=O) groups is 1. The van der Waals surface area contributed by atoms with Crippen molar-refractivity contribution in [3.8, 4) is 0 Å². The van der Waals surface area contributed by atoms with Crippen LogP contribution in [0.4, 0.5) is 0 Å². The van der Waals surface area contributed by atoms with E-state index in [1.165, 1.54) is 6.42 Å². The maximum Gasteiger partial charge on any atom is 0.392 e. The molecule has 2 rings (SSSR count). The molecule has 13 heavy (non-hydrogen) atoms. The van der Waals surface area contributed by atoms with Crippen molar-refractivity contribution in [1.29, 1.82) is 0 Å². The Morgan fingerprint density at radius 3 is 2.85 bits per heavy atom. The Hall–Kier alpha value is -1.32. The number of rotatable bonds is 1. The molecule has 1 aromatic rings. The molecule has 1 aliphatic carbocycles. The molecule has 0 radical (unpaired) electrons. The van der Waals surface area contributed by atoms with E-state index in [1.54, 1.807) is 0 Å². The van der Waals surface area contributed by atoms with Gasteiger partial charge in [-0.1, -0.05) is 6.42 Å². The molecule has 4 heteroatoms. The lowest BCUT2D eigenvalue weighted by Gasteiger charge is -1.90. The van der Waals surface area contributed by atoms with Gasteiger partial charge in [-0.3, -0.25) is 0 Å². The summed E-state index contributed by atoms with van der Waals surface area (Å²) < 4.78 is 5.14. The summed E-state index contributed by atoms with van der Waals surface area (Å²) in [6, 6.07) is 0. The molecule has 1 N–H and O–H groups in total. The summed E-state index contributed by atoms with van der Waals surface area (Å²) in [6.07, 6.45) is 5.01. The fourth-order valence-corrected chi connectivity index (χ4v) is 1.62. The van der Waals surface area contributed by atoms with Crippen molar-refractivity contribution < 1.29 is 14.3 Å². The number of carboxylic acid groups (broad SMARTS) is 1. The van der Waals surface area contributed by atoms with Gasteiger partial charge in [0.05, 0.1) is 5.69 Å². The number of nitrogens with zero attached hydrogens (tertiary/aromatic N) is 1. The number of aromatic nitrogens is 1. The Morgan fingerprint density at radius 2 is 2.08 bits per heavy atom. The van der Waals surface area contributed by atoms with E-state index in [0.717, 1.165) is 37.1 Å². The van der Waals surface area contributed by atoms with Gasteiger partial charge in [0.1, 0.15) is 5.76 Å². The molecule has 1 aliphatic rings. The van der Waals surface area contributed by atoms with Crippen LogP contribution in [0, 0.1) is 0 Å². The van der Waals surface area contributed by atoms with Gasteiger partial charge in [0.25, 0.3) is 0 Å². The highest BCUT2D eigenvalue weighted by Crippen LogP contribution is 2.20. The first-order chi connectivity index (χ1) is 6.27. The zero-order chi connectivity index (χ0) is 9.26. The summed E-state index contributed by atoms with van der Waals surface area (Å²) >= 11 is 0. The normalized spacial score (nSPS) is 16.3. The summed E-state index contributed by atoms with van der Waals surface area (Å²) in [6.45, 7) is 0. The van der Waals surface area contributed by atoms with Crippen molar-refractivity contribution in [2.75, 3.05) is 0 Å². The molecule has 0 aromatic carbocycles. The average Bonchev–Trinajstić information content (AvgIpc) is 2.38. The second kappa shape index (κ2) is 3.20. The van der Waals surface area contributed by atoms with Crippen LogP contribution in [0.25, 0.3) is 0 Å². The van der Waals surface area contributed by atoms with E-state index in [1.807, 2.05) is 0 Å². The van der Waals surface area contributed by atoms with E-state index in [2.05, 4.69) is 4.98 Å². The zero-order valence-corrected chi connectivity index (χ0v) is 7.25. The second-order valence-corrected chi connectivity index (χ2v) is 3.25. The minimum atomic E-state index is -1.08. The smallest absolute Gasteiger partial charge is 0.392 e. The molecule has 0 saturated carbocycles. The third-order valence-electron chi connectivity index (χ3n) is 2.28. The molecule has 0 aliphatic heterocycles. The molecule has 1 heterocycles. The van der Waals surface area contributed by atoms with Gasteiger partial charge in [-0.2, -0.15) is 0 Å². The van der Waals surface area contributed by atoms with E-state index in [4.69, 9.17) is 9.52 Å². The highest BCUT2D eigenvalue weighted by Gasteiger charge is 2.18. The Kier molecular flexibility index (Phi) is 2.04. The summed E-state index contributed by atoms with van der Waals surface area (Å²) in [5.41, 5.74) is 0.842. The Morgan fingerprint density at radius 1 is 1.31 bits per heavy atom. The maximum atomic E-state index is 10.5. The summed E-state index contributed by atoms with van der Waals surface area (Å²) in [4.78, 5) is 14.5. The third kappa shape index (κ3) is 1.56. The first-order valence-electron chi connectivity index (χ1n) is 4.49. The van der Waals surface area contributed by atoms with Crippen LogP contribution in [-0.2, 0) is 12.8 Å². The zero-order valence-electron chi connectivity index (χ0n) is 7.25. The molecule has 0 spiro atoms. The number of aromatic carboxylic acids is 1. The molecule has 0 atom stereocenters. The van der Waals surface area contributed by atoms with Crippen LogP contribution in [0.3, 0.4) is 0 Å². The minimum absolute atomic E-state index is 0.160. The third-order valence-corrected chi connectivity index (χ3v) is 2.28. The van der Waals surface area contributed by atoms with Crippen molar-refractivity contribution in [2.45, 2.75) is 32.1 Å². The van der Waals surface area contributed by atoms with Crippen molar-refractivity contribution in [2.24, 2.45) is 0 Å². The quantitative estimate of drug-likeness (QED) is 0.669. The van der Waals surface area contributed by atoms with Gasteiger partial charge in [0.2, 0.25) is 0 Å². The van der Waals surface area contributed by atoms with Crippen LogP contribution in [0.2, 0.25) is 0 Å². The van der Waals surface area contributed by atoms with Gasteiger partial charge >= 0.3 is 11.9 Å². The molecule has 0 fully saturated rings. The molecule has 0 saturated heterocycles. The topological polar surface area (TPSA) is 63.3 Å². The second-order valence-electron chi connectivity index (χ2n) is 3.25. The Bertz CT molecular complexity index is 306. The fourth-order valence-electron chi connectivity index (χ4n) is 1.62. The van der Waals surface area contributed by atoms with Crippen LogP contribution in [0.1, 0.15) is 41.4 Å². The van der Waals surface area contributed by atoms with E-state index >= 15 is 0 Å². The molecule has 0 amide bonds. The van der Waals surface area contributed by atoms with Gasteiger partial charge in [-0.15, -0.1) is 0 Å². The minimum Gasteiger partial charge on any atom is -0.474 e. The molecular formula is C9H11NO3. The number of fused-ring (bicyclic) bond motifs is 1. The highest BCUT2D eigenvalue weighted by molar-refractivity contribution is 5.82. The standard InChI is InChI=1S/C9H11NO3/c11-9(12)8-10-6-4-2-1-3-5-7(6)13-8/h1-5H2,(H,11,12). The monoisotopic (exact) mass is 181 g/mol. The van der Waals surface area contributed by atoms with E-state index in [0.29, 0.717) is 0 Å². The van der Waals surface area contributed by atoms with Gasteiger partial charge in [0, 0.05) is 6.42 Å². The van der Waals surface area contributed by atoms with Crippen molar-refractivity contribution >= 4 is 5.97 Å². The summed E-state index contributed by atoms with van der Waals surface area (Å²) in [5, 5.41) is 8.65. The molecule has 0 bridgehead atoms. The Balaban J connectivity index is 2.32. The lowest BCUT2D eigenvalue weighted by molar-refractivity contribution is 0.0651. The average molecular weight is 181 g/mol. The number of hydrogen-bond acceptors (Lipinski definition) is 3. The predicted octanol–water partition coefficient (Wildman–Crippen LogP) is 1.64. The van der Waals surface area contributed by atoms with Crippen LogP contribution < -0.4 is 0 Å². The summed E-state index contributed by atoms with van der Waals surface area (Å²) in [5.74, 6) is -0.463. The number of oxazole rings is 1. The first-order valence-corrected chi connectivity index (χ1v) is 4.49. The number of aryl methyl sites for hydroxylation is 2. The summed E-state index contributed by atoms with van der Waals surface area (Å²) in [7, 11) is 0. The molecule has 0 unspecified atom stereocenters. The van der Waals surface area contributed by atoms with Crippen molar-refractivity contribution in [3.05, 3.63) is 17.3 Å². The van der Waals surface area contributed by atoms with Crippen LogP contribution >= 0.6 is 0 Å². The number of carboxylic acids is 1. The van der Waals surface area contributed by atoms with E-state index in [-0.39, 0.29) is 5.89 Å². The van der Waals surface area contributed by atoms with Gasteiger partial charge in [-0.25, -0.2) is 9.78 Å². The van der Waals surface area contributed by atoms with Crippen LogP contribution in [0.5, 0.6) is 0 Å². The highest BCUT2D eigenvalue weighted by atomic mass is 16.4. The van der Waals surface area contributed by atoms with E-state index in [9.17, 15) is 4.79 Å². The van der Waals surface area contributed by atoms with Crippen LogP contribution in [0.15, 0.2) is 4.42 Å². The van der Waals surface area contributed by atoms with Crippen molar-refractivity contribution in [1.82, 2.24) is 4.98 Å². The SMILES string of the molecule is O=C(O)c1nc2c(o1)CCCCC2. The van der Waals surface area contributed by atoms with Crippen LogP contribution in [-0.4, -0.2) is 16.1 Å². The van der Waals surface area contributed by atoms with E-state index < -0.39 is 5.97 Å². The molecular weight excluding hydrogens is 170 g/mol. The maximum absolute atomic E-state index is 10.5. The lowest BCUT2D eigenvalue weighted by atomic mass is 10.2.